The Morgan fingerprint density at radius 1 is 0.758 bits per heavy atom. The number of hydrogen-bond acceptors (Lipinski definition) is 13. The number of rotatable bonds is 37. The number of aliphatic carboxylic acids is 1. The summed E-state index contributed by atoms with van der Waals surface area (Å²) in [7, 11) is -4.80. The molecule has 1 aliphatic heterocycles. The number of phosphoric acid groups is 1. The van der Waals surface area contributed by atoms with Crippen molar-refractivity contribution in [1.29, 1.82) is 0 Å². The summed E-state index contributed by atoms with van der Waals surface area (Å²) in [6.07, 6.45) is 32.0. The van der Waals surface area contributed by atoms with Crippen LogP contribution in [0.3, 0.4) is 0 Å². The smallest absolute Gasteiger partial charge is 0.472 e. The molecule has 62 heavy (non-hydrogen) atoms. The molecule has 1 rings (SSSR count). The number of allylic oxidation sites excluding steroid dienone is 8. The van der Waals surface area contributed by atoms with Crippen LogP contribution in [0.1, 0.15) is 149 Å². The molecule has 0 amide bonds. The van der Waals surface area contributed by atoms with Crippen LogP contribution in [-0.2, 0) is 42.2 Å². The van der Waals surface area contributed by atoms with Crippen molar-refractivity contribution >= 4 is 25.7 Å². The van der Waals surface area contributed by atoms with Crippen LogP contribution in [-0.4, -0.2) is 99.8 Å². The highest BCUT2D eigenvalue weighted by Gasteiger charge is 2.35. The first kappa shape index (κ1) is 57.0. The zero-order valence-electron chi connectivity index (χ0n) is 37.2. The van der Waals surface area contributed by atoms with Crippen LogP contribution in [0, 0.1) is 5.92 Å². The SMILES string of the molecule is CCCCCCCC/C=C\C/C=C\C/C=C\CCCC(=O)O[C@H](COC(=O)CCC/C=C\C[C@H]1[C@@H](O)CC(O)O[C@@H]1/C=C/[C@@H](O)CCCCC)COP(=O)(O)OC[C@H](N)C(=O)O. The predicted octanol–water partition coefficient (Wildman–Crippen LogP) is 8.06. The third kappa shape index (κ3) is 31.0. The van der Waals surface area contributed by atoms with E-state index >= 15 is 0 Å². The van der Waals surface area contributed by atoms with Gasteiger partial charge in [0.25, 0.3) is 0 Å². The van der Waals surface area contributed by atoms with Crippen molar-refractivity contribution in [2.45, 2.75) is 185 Å². The summed E-state index contributed by atoms with van der Waals surface area (Å²) in [5, 5.41) is 39.9. The Hall–Kier alpha value is -2.98. The number of nitrogens with two attached hydrogens (primary N) is 1. The normalized spacial score (nSPS) is 21.0. The van der Waals surface area contributed by atoms with Gasteiger partial charge in [-0.1, -0.05) is 126 Å². The van der Waals surface area contributed by atoms with Gasteiger partial charge in [-0.3, -0.25) is 23.4 Å². The maximum atomic E-state index is 12.7. The molecule has 0 saturated carbocycles. The molecule has 0 aromatic carbocycles. The minimum atomic E-state index is -4.80. The lowest BCUT2D eigenvalue weighted by Crippen LogP contribution is -2.43. The summed E-state index contributed by atoms with van der Waals surface area (Å²) in [6, 6.07) is -1.57. The lowest BCUT2D eigenvalue weighted by molar-refractivity contribution is -0.199. The quantitative estimate of drug-likeness (QED) is 0.0150. The van der Waals surface area contributed by atoms with Crippen molar-refractivity contribution in [3.8, 4) is 0 Å². The Morgan fingerprint density at radius 2 is 1.32 bits per heavy atom. The molecule has 16 heteroatoms. The van der Waals surface area contributed by atoms with E-state index in [1.54, 1.807) is 12.2 Å². The molecule has 7 N–H and O–H groups in total. The first-order chi connectivity index (χ1) is 29.8. The van der Waals surface area contributed by atoms with E-state index in [4.69, 9.17) is 29.6 Å². The van der Waals surface area contributed by atoms with Crippen molar-refractivity contribution in [3.63, 3.8) is 0 Å². The first-order valence-corrected chi connectivity index (χ1v) is 24.2. The number of phosphoric ester groups is 1. The number of carbonyl (C=O) groups excluding carboxylic acids is 2. The number of carboxylic acid groups (broad SMARTS) is 1. The molecular weight excluding hydrogens is 821 g/mol. The third-order valence-corrected chi connectivity index (χ3v) is 11.0. The van der Waals surface area contributed by atoms with E-state index in [-0.39, 0.29) is 25.2 Å². The van der Waals surface area contributed by atoms with E-state index < -0.39 is 82.3 Å². The highest BCUT2D eigenvalue weighted by molar-refractivity contribution is 7.47. The van der Waals surface area contributed by atoms with Crippen molar-refractivity contribution < 1.29 is 67.5 Å². The van der Waals surface area contributed by atoms with Crippen LogP contribution in [0.15, 0.2) is 60.8 Å². The standard InChI is InChI=1S/C46H78NO14P/c1-3-5-7-8-9-10-11-12-13-14-15-16-17-18-19-20-26-30-44(51)60-38(35-58-62(55,56)59-36-40(47)46(53)54)34-57-43(50)29-25-22-21-24-28-39-41(49)33-45(52)61-42(39)32-31-37(48)27-23-6-4-2/h12-13,15-16,18-19,21,24,31-32,37-42,45,48-49,52H,3-11,14,17,20,22-23,25-30,33-36,47H2,1-2H3,(H,53,54)(H,55,56)/b13-12-,16-15-,19-18-,24-21-,32-31+/t37-,38+,39-,40-,41-,42+,45?/m0/s1. The molecule has 1 aliphatic rings. The number of ether oxygens (including phenoxy) is 3. The summed E-state index contributed by atoms with van der Waals surface area (Å²) in [4.78, 5) is 46.2. The lowest BCUT2D eigenvalue weighted by Gasteiger charge is -2.36. The molecule has 8 atom stereocenters. The van der Waals surface area contributed by atoms with Crippen molar-refractivity contribution in [2.75, 3.05) is 19.8 Å². The van der Waals surface area contributed by atoms with Gasteiger partial charge in [-0.25, -0.2) is 4.57 Å². The molecule has 0 bridgehead atoms. The molecular formula is C46H78NO14P. The second-order valence-electron chi connectivity index (χ2n) is 15.7. The number of aliphatic hydroxyl groups is 3. The molecule has 1 saturated heterocycles. The van der Waals surface area contributed by atoms with Crippen LogP contribution in [0.5, 0.6) is 0 Å². The molecule has 2 unspecified atom stereocenters. The highest BCUT2D eigenvalue weighted by Crippen LogP contribution is 2.43. The monoisotopic (exact) mass is 900 g/mol. The molecule has 356 valence electrons. The number of esters is 2. The van der Waals surface area contributed by atoms with Crippen molar-refractivity contribution in [3.05, 3.63) is 60.8 Å². The van der Waals surface area contributed by atoms with E-state index in [1.807, 2.05) is 24.3 Å². The average molecular weight is 900 g/mol. The van der Waals surface area contributed by atoms with Gasteiger partial charge in [0.05, 0.1) is 31.5 Å². The summed E-state index contributed by atoms with van der Waals surface area (Å²) in [6.45, 7) is 2.35. The fourth-order valence-corrected chi connectivity index (χ4v) is 7.13. The molecule has 15 nitrogen and oxygen atoms in total. The Kier molecular flexibility index (Phi) is 33.5. The number of unbranched alkanes of at least 4 members (excludes halogenated alkanes) is 10. The zero-order valence-corrected chi connectivity index (χ0v) is 38.1. The average Bonchev–Trinajstić information content (AvgIpc) is 3.23. The molecule has 0 radical (unpaired) electrons. The second-order valence-corrected chi connectivity index (χ2v) is 17.2. The fraction of sp³-hybridized carbons (Fsp3) is 0.717. The molecule has 1 heterocycles. The second kappa shape index (κ2) is 36.4. The Morgan fingerprint density at radius 3 is 1.98 bits per heavy atom. The Balaban J connectivity index is 2.56. The maximum absolute atomic E-state index is 12.7. The summed E-state index contributed by atoms with van der Waals surface area (Å²) >= 11 is 0. The van der Waals surface area contributed by atoms with E-state index in [9.17, 15) is 39.2 Å². The minimum absolute atomic E-state index is 0.0145. The van der Waals surface area contributed by atoms with E-state index in [0.29, 0.717) is 38.5 Å². The molecule has 0 aromatic rings. The lowest BCUT2D eigenvalue weighted by atomic mass is 9.87. The van der Waals surface area contributed by atoms with Gasteiger partial charge in [-0.05, 0) is 64.2 Å². The van der Waals surface area contributed by atoms with Crippen LogP contribution >= 0.6 is 7.82 Å². The summed E-state index contributed by atoms with van der Waals surface area (Å²) in [5.74, 6) is -3.02. The van der Waals surface area contributed by atoms with Crippen LogP contribution in [0.2, 0.25) is 0 Å². The van der Waals surface area contributed by atoms with Gasteiger partial charge in [-0.15, -0.1) is 0 Å². The number of carboxylic acids is 1. The van der Waals surface area contributed by atoms with Gasteiger partial charge < -0.3 is 45.3 Å². The van der Waals surface area contributed by atoms with Crippen LogP contribution in [0.25, 0.3) is 0 Å². The molecule has 0 aromatic heterocycles. The van der Waals surface area contributed by atoms with Crippen molar-refractivity contribution in [1.82, 2.24) is 0 Å². The largest absolute Gasteiger partial charge is 0.480 e. The maximum Gasteiger partial charge on any atom is 0.472 e. The summed E-state index contributed by atoms with van der Waals surface area (Å²) in [5.41, 5.74) is 5.33. The first-order valence-electron chi connectivity index (χ1n) is 22.7. The predicted molar refractivity (Wildman–Crippen MR) is 239 cm³/mol. The van der Waals surface area contributed by atoms with Gasteiger partial charge >= 0.3 is 25.7 Å². The third-order valence-electron chi connectivity index (χ3n) is 10.0. The number of carbonyl (C=O) groups is 3. The fourth-order valence-electron chi connectivity index (χ4n) is 6.35. The molecule has 0 spiro atoms. The number of aliphatic hydroxyl groups excluding tert-OH is 3. The van der Waals surface area contributed by atoms with Gasteiger partial charge in [0.1, 0.15) is 12.6 Å². The van der Waals surface area contributed by atoms with Crippen LogP contribution < -0.4 is 5.73 Å². The zero-order chi connectivity index (χ0) is 45.9. The van der Waals surface area contributed by atoms with E-state index in [1.165, 1.54) is 38.5 Å². The Labute approximate surface area is 370 Å². The Bertz CT molecular complexity index is 1400. The summed E-state index contributed by atoms with van der Waals surface area (Å²) < 4.78 is 38.3. The van der Waals surface area contributed by atoms with Crippen molar-refractivity contribution in [2.24, 2.45) is 11.7 Å². The van der Waals surface area contributed by atoms with E-state index in [2.05, 4.69) is 42.7 Å². The molecule has 0 aliphatic carbocycles. The van der Waals surface area contributed by atoms with E-state index in [0.717, 1.165) is 38.5 Å². The van der Waals surface area contributed by atoms with Gasteiger partial charge in [-0.2, -0.15) is 0 Å². The van der Waals surface area contributed by atoms with Gasteiger partial charge in [0.2, 0.25) is 0 Å². The minimum Gasteiger partial charge on any atom is -0.480 e. The topological polar surface area (TPSA) is 242 Å². The van der Waals surface area contributed by atoms with Gasteiger partial charge in [0, 0.05) is 25.2 Å². The molecule has 1 fully saturated rings. The number of hydrogen-bond donors (Lipinski definition) is 6. The van der Waals surface area contributed by atoms with Gasteiger partial charge in [0.15, 0.2) is 12.4 Å². The highest BCUT2D eigenvalue weighted by atomic mass is 31.2. The van der Waals surface area contributed by atoms with Crippen LogP contribution in [0.4, 0.5) is 0 Å².